The van der Waals surface area contributed by atoms with E-state index in [-0.39, 0.29) is 5.56 Å². The molecule has 0 bridgehead atoms. The Labute approximate surface area is 74.3 Å². The summed E-state index contributed by atoms with van der Waals surface area (Å²) >= 11 is 0. The standard InChI is InChI=1S/C8H7BF2O2/c10-7-2-1-3-8(11)6(7)4-5-9(12)13/h1-5,12-13H/b5-4+. The van der Waals surface area contributed by atoms with Crippen molar-refractivity contribution in [1.82, 2.24) is 0 Å². The van der Waals surface area contributed by atoms with Crippen LogP contribution in [0.3, 0.4) is 0 Å². The minimum Gasteiger partial charge on any atom is -0.424 e. The van der Waals surface area contributed by atoms with Gasteiger partial charge in [-0.05, 0) is 12.1 Å². The summed E-state index contributed by atoms with van der Waals surface area (Å²) in [7, 11) is -1.71. The van der Waals surface area contributed by atoms with Crippen molar-refractivity contribution in [3.63, 3.8) is 0 Å². The van der Waals surface area contributed by atoms with Gasteiger partial charge in [0, 0.05) is 5.56 Å². The summed E-state index contributed by atoms with van der Waals surface area (Å²) in [6, 6.07) is 3.41. The maximum atomic E-state index is 12.8. The van der Waals surface area contributed by atoms with E-state index < -0.39 is 18.8 Å². The molecule has 0 amide bonds. The van der Waals surface area contributed by atoms with Crippen LogP contribution < -0.4 is 0 Å². The van der Waals surface area contributed by atoms with Gasteiger partial charge in [0.2, 0.25) is 0 Å². The van der Waals surface area contributed by atoms with Crippen molar-refractivity contribution in [3.8, 4) is 0 Å². The largest absolute Gasteiger partial charge is 0.480 e. The second-order valence-corrected chi connectivity index (χ2v) is 2.41. The smallest absolute Gasteiger partial charge is 0.424 e. The Morgan fingerprint density at radius 1 is 1.15 bits per heavy atom. The van der Waals surface area contributed by atoms with E-state index in [1.54, 1.807) is 0 Å². The highest BCUT2D eigenvalue weighted by atomic mass is 19.1. The van der Waals surface area contributed by atoms with Crippen LogP contribution in [0.4, 0.5) is 8.78 Å². The third-order valence-corrected chi connectivity index (χ3v) is 1.43. The van der Waals surface area contributed by atoms with Gasteiger partial charge in [-0.3, -0.25) is 0 Å². The van der Waals surface area contributed by atoms with Gasteiger partial charge in [-0.25, -0.2) is 8.78 Å². The van der Waals surface area contributed by atoms with Crippen LogP contribution in [0.5, 0.6) is 0 Å². The average molecular weight is 184 g/mol. The first-order valence-corrected chi connectivity index (χ1v) is 3.59. The van der Waals surface area contributed by atoms with Gasteiger partial charge in [-0.2, -0.15) is 0 Å². The zero-order valence-electron chi connectivity index (χ0n) is 6.61. The fourth-order valence-electron chi connectivity index (χ4n) is 0.852. The van der Waals surface area contributed by atoms with Crippen molar-refractivity contribution in [2.45, 2.75) is 0 Å². The fourth-order valence-corrected chi connectivity index (χ4v) is 0.852. The van der Waals surface area contributed by atoms with Crippen molar-refractivity contribution in [3.05, 3.63) is 41.4 Å². The summed E-state index contributed by atoms with van der Waals surface area (Å²) in [6.45, 7) is 0. The molecule has 1 aromatic rings. The highest BCUT2D eigenvalue weighted by Gasteiger charge is 2.06. The lowest BCUT2D eigenvalue weighted by atomic mass is 9.90. The van der Waals surface area contributed by atoms with E-state index in [2.05, 4.69) is 0 Å². The topological polar surface area (TPSA) is 40.5 Å². The molecule has 2 N–H and O–H groups in total. The molecule has 0 saturated heterocycles. The van der Waals surface area contributed by atoms with Crippen LogP contribution in [0.25, 0.3) is 6.08 Å². The zero-order valence-corrected chi connectivity index (χ0v) is 6.61. The zero-order chi connectivity index (χ0) is 9.84. The number of benzene rings is 1. The third kappa shape index (κ3) is 2.64. The molecule has 1 rings (SSSR count). The Morgan fingerprint density at radius 3 is 2.15 bits per heavy atom. The molecule has 0 fully saturated rings. The molecule has 0 heterocycles. The van der Waals surface area contributed by atoms with E-state index in [4.69, 9.17) is 10.0 Å². The van der Waals surface area contributed by atoms with Crippen molar-refractivity contribution in [2.75, 3.05) is 0 Å². The molecule has 0 aliphatic carbocycles. The molecular weight excluding hydrogens is 177 g/mol. The third-order valence-electron chi connectivity index (χ3n) is 1.43. The number of hydrogen-bond acceptors (Lipinski definition) is 2. The predicted octanol–water partition coefficient (Wildman–Crippen LogP) is 0.990. The van der Waals surface area contributed by atoms with Gasteiger partial charge in [-0.15, -0.1) is 0 Å². The second-order valence-electron chi connectivity index (χ2n) is 2.41. The SMILES string of the molecule is OB(O)/C=C/c1c(F)cccc1F. The highest BCUT2D eigenvalue weighted by Crippen LogP contribution is 2.13. The van der Waals surface area contributed by atoms with Gasteiger partial charge in [-0.1, -0.05) is 18.1 Å². The predicted molar refractivity (Wildman–Crippen MR) is 45.6 cm³/mol. The van der Waals surface area contributed by atoms with Gasteiger partial charge >= 0.3 is 7.12 Å². The van der Waals surface area contributed by atoms with Crippen LogP contribution in [0.2, 0.25) is 0 Å². The fraction of sp³-hybridized carbons (Fsp3) is 0. The van der Waals surface area contributed by atoms with Crippen LogP contribution in [0.15, 0.2) is 24.2 Å². The summed E-state index contributed by atoms with van der Waals surface area (Å²) in [5.41, 5.74) is -0.282. The molecule has 0 aliphatic heterocycles. The van der Waals surface area contributed by atoms with Crippen LogP contribution >= 0.6 is 0 Å². The Balaban J connectivity index is 3.00. The molecule has 1 aromatic carbocycles. The first-order valence-electron chi connectivity index (χ1n) is 3.59. The van der Waals surface area contributed by atoms with Crippen LogP contribution in [0, 0.1) is 11.6 Å². The van der Waals surface area contributed by atoms with E-state index in [1.807, 2.05) is 0 Å². The van der Waals surface area contributed by atoms with Gasteiger partial charge in [0.15, 0.2) is 0 Å². The minimum atomic E-state index is -1.71. The lowest BCUT2D eigenvalue weighted by Gasteiger charge is -1.97. The minimum absolute atomic E-state index is 0.282. The Bertz CT molecular complexity index is 306. The maximum Gasteiger partial charge on any atom is 0.480 e. The molecule has 0 spiro atoms. The lowest BCUT2D eigenvalue weighted by molar-refractivity contribution is 0.424. The molecule has 0 aromatic heterocycles. The number of hydrogen-bond donors (Lipinski definition) is 2. The van der Waals surface area contributed by atoms with Gasteiger partial charge in [0.1, 0.15) is 11.6 Å². The monoisotopic (exact) mass is 184 g/mol. The van der Waals surface area contributed by atoms with E-state index >= 15 is 0 Å². The van der Waals surface area contributed by atoms with Gasteiger partial charge in [0.25, 0.3) is 0 Å². The van der Waals surface area contributed by atoms with E-state index in [0.29, 0.717) is 0 Å². The summed E-state index contributed by atoms with van der Waals surface area (Å²) in [4.78, 5) is 0. The van der Waals surface area contributed by atoms with Crippen molar-refractivity contribution in [1.29, 1.82) is 0 Å². The van der Waals surface area contributed by atoms with Crippen molar-refractivity contribution >= 4 is 13.2 Å². The highest BCUT2D eigenvalue weighted by molar-refractivity contribution is 6.48. The molecule has 5 heteroatoms. The van der Waals surface area contributed by atoms with Crippen LogP contribution in [-0.2, 0) is 0 Å². The first kappa shape index (κ1) is 9.89. The molecule has 0 atom stereocenters. The van der Waals surface area contributed by atoms with Crippen molar-refractivity contribution < 1.29 is 18.8 Å². The summed E-state index contributed by atoms with van der Waals surface area (Å²) in [6.07, 6.45) is 0.981. The van der Waals surface area contributed by atoms with Crippen molar-refractivity contribution in [2.24, 2.45) is 0 Å². The number of halogens is 2. The Hall–Kier alpha value is -1.20. The summed E-state index contributed by atoms with van der Waals surface area (Å²) < 4.78 is 25.7. The van der Waals surface area contributed by atoms with E-state index in [0.717, 1.165) is 24.2 Å². The quantitative estimate of drug-likeness (QED) is 0.672. The molecule has 0 aliphatic rings. The van der Waals surface area contributed by atoms with Crippen LogP contribution in [0.1, 0.15) is 5.56 Å². The molecule has 13 heavy (non-hydrogen) atoms. The molecule has 0 radical (unpaired) electrons. The molecular formula is C8H7BF2O2. The first-order chi connectivity index (χ1) is 6.11. The molecule has 0 unspecified atom stereocenters. The average Bonchev–Trinajstić information content (AvgIpc) is 2.03. The number of rotatable bonds is 2. The second kappa shape index (κ2) is 4.16. The van der Waals surface area contributed by atoms with Crippen LogP contribution in [-0.4, -0.2) is 17.2 Å². The molecule has 2 nitrogen and oxygen atoms in total. The summed E-state index contributed by atoms with van der Waals surface area (Å²) in [5, 5.41) is 16.8. The lowest BCUT2D eigenvalue weighted by Crippen LogP contribution is -2.05. The van der Waals surface area contributed by atoms with E-state index in [1.165, 1.54) is 6.07 Å². The maximum absolute atomic E-state index is 12.8. The molecule has 0 saturated carbocycles. The molecule has 68 valence electrons. The van der Waals surface area contributed by atoms with E-state index in [9.17, 15) is 8.78 Å². The van der Waals surface area contributed by atoms with Gasteiger partial charge < -0.3 is 10.0 Å². The Morgan fingerprint density at radius 2 is 1.69 bits per heavy atom. The summed E-state index contributed by atoms with van der Waals surface area (Å²) in [5.74, 6) is -0.601. The van der Waals surface area contributed by atoms with Gasteiger partial charge in [0.05, 0.1) is 0 Å². The Kier molecular flexibility index (Phi) is 3.16. The normalized spacial score (nSPS) is 10.8.